The summed E-state index contributed by atoms with van der Waals surface area (Å²) in [6.07, 6.45) is -3.33. The van der Waals surface area contributed by atoms with E-state index in [1.807, 2.05) is 18.2 Å². The molecule has 1 saturated heterocycles. The molecule has 0 N–H and O–H groups in total. The van der Waals surface area contributed by atoms with Crippen molar-refractivity contribution < 1.29 is 22.7 Å². The molecule has 3 nitrogen and oxygen atoms in total. The van der Waals surface area contributed by atoms with E-state index in [4.69, 9.17) is 4.74 Å². The average Bonchev–Trinajstić information content (AvgIpc) is 2.63. The molecule has 2 aromatic carbocycles. The van der Waals surface area contributed by atoms with Crippen molar-refractivity contribution >= 4 is 5.78 Å². The molecule has 0 aromatic heterocycles. The molecule has 0 aliphatic carbocycles. The smallest absolute Gasteiger partial charge is 0.419 e. The summed E-state index contributed by atoms with van der Waals surface area (Å²) in [6, 6.07) is 13.7. The molecule has 2 aliphatic rings. The number of ketones is 1. The van der Waals surface area contributed by atoms with Crippen LogP contribution in [0, 0.1) is 0 Å². The van der Waals surface area contributed by atoms with E-state index >= 15 is 0 Å². The van der Waals surface area contributed by atoms with Gasteiger partial charge in [0.05, 0.1) is 17.5 Å². The second-order valence-corrected chi connectivity index (χ2v) is 7.33. The number of carbonyl (C=O) groups is 1. The van der Waals surface area contributed by atoms with Crippen LogP contribution in [-0.4, -0.2) is 29.4 Å². The van der Waals surface area contributed by atoms with Gasteiger partial charge >= 0.3 is 6.18 Å². The lowest BCUT2D eigenvalue weighted by Crippen LogP contribution is -2.51. The third-order valence-corrected chi connectivity index (χ3v) is 5.44. The van der Waals surface area contributed by atoms with Crippen LogP contribution in [0.4, 0.5) is 13.2 Å². The lowest BCUT2D eigenvalue weighted by Gasteiger charge is -2.44. The predicted octanol–water partition coefficient (Wildman–Crippen LogP) is 4.71. The van der Waals surface area contributed by atoms with Gasteiger partial charge in [-0.25, -0.2) is 0 Å². The monoisotopic (exact) mass is 375 g/mol. The number of fused-ring (bicyclic) bond motifs is 1. The average molecular weight is 375 g/mol. The number of para-hydroxylation sites is 1. The van der Waals surface area contributed by atoms with Gasteiger partial charge in [-0.1, -0.05) is 36.4 Å². The van der Waals surface area contributed by atoms with E-state index in [1.54, 1.807) is 0 Å². The summed E-state index contributed by atoms with van der Waals surface area (Å²) in [4.78, 5) is 14.8. The topological polar surface area (TPSA) is 29.5 Å². The van der Waals surface area contributed by atoms with Gasteiger partial charge in [-0.15, -0.1) is 0 Å². The Hall–Kier alpha value is -2.34. The molecular weight excluding hydrogens is 355 g/mol. The van der Waals surface area contributed by atoms with E-state index in [0.29, 0.717) is 25.9 Å². The fraction of sp³-hybridized carbons (Fsp3) is 0.381. The minimum Gasteiger partial charge on any atom is -0.485 e. The second kappa shape index (κ2) is 6.68. The number of nitrogens with zero attached hydrogens (tertiary/aromatic N) is 1. The van der Waals surface area contributed by atoms with Crippen molar-refractivity contribution in [2.75, 3.05) is 13.1 Å². The molecule has 0 unspecified atom stereocenters. The molecule has 1 fully saturated rings. The first-order valence-electron chi connectivity index (χ1n) is 9.05. The summed E-state index contributed by atoms with van der Waals surface area (Å²) in [5.74, 6) is -0.559. The number of ether oxygens (including phenoxy) is 1. The maximum Gasteiger partial charge on any atom is 0.419 e. The molecule has 2 heterocycles. The van der Waals surface area contributed by atoms with E-state index in [-0.39, 0.29) is 23.5 Å². The summed E-state index contributed by atoms with van der Waals surface area (Å²) >= 11 is 0. The molecule has 2 aliphatic heterocycles. The molecule has 0 atom stereocenters. The minimum atomic E-state index is -4.54. The SMILES string of the molecule is O=C1CC2(CCN(Cc3ccccc3)CC2)Oc2c1cccc2C(F)(F)F. The Morgan fingerprint density at radius 3 is 2.37 bits per heavy atom. The Morgan fingerprint density at radius 2 is 1.70 bits per heavy atom. The number of rotatable bonds is 2. The van der Waals surface area contributed by atoms with Crippen LogP contribution in [0.5, 0.6) is 5.75 Å². The Labute approximate surface area is 155 Å². The van der Waals surface area contributed by atoms with E-state index in [0.717, 1.165) is 12.6 Å². The van der Waals surface area contributed by atoms with Gasteiger partial charge in [-0.2, -0.15) is 13.2 Å². The van der Waals surface area contributed by atoms with Crippen molar-refractivity contribution in [2.24, 2.45) is 0 Å². The highest BCUT2D eigenvalue weighted by atomic mass is 19.4. The van der Waals surface area contributed by atoms with E-state index in [1.165, 1.54) is 17.7 Å². The fourth-order valence-corrected chi connectivity index (χ4v) is 3.97. The Morgan fingerprint density at radius 1 is 1.00 bits per heavy atom. The molecule has 4 rings (SSSR count). The molecule has 0 amide bonds. The second-order valence-electron chi connectivity index (χ2n) is 7.33. The van der Waals surface area contributed by atoms with Crippen LogP contribution in [-0.2, 0) is 12.7 Å². The Kier molecular flexibility index (Phi) is 4.46. The summed E-state index contributed by atoms with van der Waals surface area (Å²) in [5.41, 5.74) is -0.460. The van der Waals surface area contributed by atoms with Crippen molar-refractivity contribution in [3.8, 4) is 5.75 Å². The largest absolute Gasteiger partial charge is 0.485 e. The van der Waals surface area contributed by atoms with Crippen LogP contribution in [0.25, 0.3) is 0 Å². The molecule has 142 valence electrons. The van der Waals surface area contributed by atoms with Crippen LogP contribution >= 0.6 is 0 Å². The van der Waals surface area contributed by atoms with Gasteiger partial charge < -0.3 is 4.74 Å². The minimum absolute atomic E-state index is 0.0437. The molecule has 2 aromatic rings. The van der Waals surface area contributed by atoms with Crippen LogP contribution in [0.15, 0.2) is 48.5 Å². The van der Waals surface area contributed by atoms with Gasteiger partial charge in [-0.3, -0.25) is 9.69 Å². The zero-order valence-corrected chi connectivity index (χ0v) is 14.8. The van der Waals surface area contributed by atoms with Crippen molar-refractivity contribution in [3.63, 3.8) is 0 Å². The highest BCUT2D eigenvalue weighted by molar-refractivity contribution is 6.00. The number of hydrogen-bond acceptors (Lipinski definition) is 3. The maximum absolute atomic E-state index is 13.4. The molecule has 1 spiro atoms. The maximum atomic E-state index is 13.4. The number of likely N-dealkylation sites (tertiary alicyclic amines) is 1. The molecule has 0 bridgehead atoms. The molecule has 0 radical (unpaired) electrons. The molecular formula is C21H20F3NO2. The third-order valence-electron chi connectivity index (χ3n) is 5.44. The first-order chi connectivity index (χ1) is 12.9. The molecule has 27 heavy (non-hydrogen) atoms. The number of halogens is 3. The Bertz CT molecular complexity index is 840. The summed E-state index contributed by atoms with van der Waals surface area (Å²) in [6.45, 7) is 2.16. The van der Waals surface area contributed by atoms with Crippen LogP contribution in [0.3, 0.4) is 0 Å². The number of hydrogen-bond donors (Lipinski definition) is 0. The van der Waals surface area contributed by atoms with Crippen molar-refractivity contribution in [1.82, 2.24) is 4.90 Å². The van der Waals surface area contributed by atoms with Gasteiger partial charge in [0, 0.05) is 32.5 Å². The van der Waals surface area contributed by atoms with Gasteiger partial charge in [0.2, 0.25) is 0 Å². The van der Waals surface area contributed by atoms with Crippen LogP contribution < -0.4 is 4.74 Å². The zero-order valence-electron chi connectivity index (χ0n) is 14.8. The normalized spacial score (nSPS) is 19.6. The lowest BCUT2D eigenvalue weighted by atomic mass is 9.82. The lowest BCUT2D eigenvalue weighted by molar-refractivity contribution is -0.140. The van der Waals surface area contributed by atoms with E-state index < -0.39 is 17.3 Å². The van der Waals surface area contributed by atoms with Crippen molar-refractivity contribution in [2.45, 2.75) is 37.6 Å². The third kappa shape index (κ3) is 3.58. The number of piperidine rings is 1. The number of carbonyl (C=O) groups excluding carboxylic acids is 1. The van der Waals surface area contributed by atoms with E-state index in [2.05, 4.69) is 17.0 Å². The van der Waals surface area contributed by atoms with Gasteiger partial charge in [-0.05, 0) is 17.7 Å². The molecule has 0 saturated carbocycles. The fourth-order valence-electron chi connectivity index (χ4n) is 3.97. The van der Waals surface area contributed by atoms with Crippen LogP contribution in [0.2, 0.25) is 0 Å². The van der Waals surface area contributed by atoms with Crippen LogP contribution in [0.1, 0.15) is 40.7 Å². The standard InChI is InChI=1S/C21H20F3NO2/c22-21(23,24)17-8-4-7-16-18(26)13-20(27-19(16)17)9-11-25(12-10-20)14-15-5-2-1-3-6-15/h1-8H,9-14H2. The van der Waals surface area contributed by atoms with Gasteiger partial charge in [0.1, 0.15) is 11.4 Å². The van der Waals surface area contributed by atoms with Crippen molar-refractivity contribution in [3.05, 3.63) is 65.2 Å². The molecule has 6 heteroatoms. The first kappa shape index (κ1) is 18.0. The van der Waals surface area contributed by atoms with Gasteiger partial charge in [0.15, 0.2) is 5.78 Å². The van der Waals surface area contributed by atoms with E-state index in [9.17, 15) is 18.0 Å². The number of benzene rings is 2. The first-order valence-corrected chi connectivity index (χ1v) is 9.05. The summed E-state index contributed by atoms with van der Waals surface area (Å²) in [5, 5.41) is 0. The zero-order chi connectivity index (χ0) is 19.1. The number of Topliss-reactive ketones (excluding diaryl/α,β-unsaturated/α-hetero) is 1. The summed E-state index contributed by atoms with van der Waals surface area (Å²) in [7, 11) is 0. The quantitative estimate of drug-likeness (QED) is 0.762. The Balaban J connectivity index is 1.53. The predicted molar refractivity (Wildman–Crippen MR) is 94.7 cm³/mol. The van der Waals surface area contributed by atoms with Crippen molar-refractivity contribution in [1.29, 1.82) is 0 Å². The highest BCUT2D eigenvalue weighted by Gasteiger charge is 2.46. The highest BCUT2D eigenvalue weighted by Crippen LogP contribution is 2.45. The van der Waals surface area contributed by atoms with Gasteiger partial charge in [0.25, 0.3) is 0 Å². The summed E-state index contributed by atoms with van der Waals surface area (Å²) < 4.78 is 46.0. The number of alkyl halides is 3.